The summed E-state index contributed by atoms with van der Waals surface area (Å²) >= 11 is 0. The van der Waals surface area contributed by atoms with Crippen molar-refractivity contribution in [3.05, 3.63) is 71.8 Å². The Morgan fingerprint density at radius 1 is 0.900 bits per heavy atom. The fourth-order valence-corrected chi connectivity index (χ4v) is 1.61. The van der Waals surface area contributed by atoms with E-state index >= 15 is 0 Å². The zero-order valence-electron chi connectivity index (χ0n) is 10.5. The second-order valence-electron chi connectivity index (χ2n) is 4.06. The number of rotatable bonds is 4. The average Bonchev–Trinajstić information content (AvgIpc) is 2.44. The molecule has 0 saturated heterocycles. The molecule has 0 N–H and O–H groups in total. The number of hydrogen-bond donors (Lipinski definition) is 0. The first-order valence-electron chi connectivity index (χ1n) is 5.94. The lowest BCUT2D eigenvalue weighted by Crippen LogP contribution is -2.24. The van der Waals surface area contributed by atoms with Gasteiger partial charge in [0.1, 0.15) is 6.61 Å². The molecule has 0 spiro atoms. The molecule has 0 heterocycles. The summed E-state index contributed by atoms with van der Waals surface area (Å²) in [5, 5.41) is 3.25. The first-order chi connectivity index (χ1) is 9.57. The van der Waals surface area contributed by atoms with Crippen LogP contribution >= 0.6 is 0 Å². The van der Waals surface area contributed by atoms with Crippen LogP contribution in [-0.2, 0) is 11.4 Å². The quantitative estimate of drug-likeness (QED) is 0.608. The Morgan fingerprint density at radius 3 is 2.00 bits per heavy atom. The Hall–Kier alpha value is -2.30. The second-order valence-corrected chi connectivity index (χ2v) is 4.06. The van der Waals surface area contributed by atoms with Crippen molar-refractivity contribution in [1.29, 1.82) is 0 Å². The molecule has 20 heavy (non-hydrogen) atoms. The van der Waals surface area contributed by atoms with E-state index in [0.29, 0.717) is 0 Å². The van der Waals surface area contributed by atoms with Gasteiger partial charge in [-0.05, 0) is 5.56 Å². The molecule has 2 aromatic rings. The van der Waals surface area contributed by atoms with E-state index in [1.165, 1.54) is 24.3 Å². The standard InChI is InChI=1S/C15H12F3NO/c16-15(17,18)14(13-9-5-2-6-10-13)19-20-11-12-7-3-1-4-8-12/h1-10H,11H2/b19-14-. The largest absolute Gasteiger partial charge is 0.437 e. The van der Waals surface area contributed by atoms with Gasteiger partial charge in [-0.1, -0.05) is 65.8 Å². The molecule has 0 unspecified atom stereocenters. The highest BCUT2D eigenvalue weighted by Gasteiger charge is 2.37. The zero-order valence-corrected chi connectivity index (χ0v) is 10.5. The van der Waals surface area contributed by atoms with Gasteiger partial charge in [0.15, 0.2) is 5.71 Å². The third-order valence-electron chi connectivity index (χ3n) is 2.55. The maximum absolute atomic E-state index is 12.9. The smallest absolute Gasteiger partial charge is 0.390 e. The molecule has 2 rings (SSSR count). The van der Waals surface area contributed by atoms with E-state index in [4.69, 9.17) is 4.84 Å². The monoisotopic (exact) mass is 279 g/mol. The third kappa shape index (κ3) is 3.85. The Bertz CT molecular complexity index is 565. The van der Waals surface area contributed by atoms with Crippen LogP contribution in [0.4, 0.5) is 13.2 Å². The summed E-state index contributed by atoms with van der Waals surface area (Å²) in [6, 6.07) is 16.3. The van der Waals surface area contributed by atoms with Gasteiger partial charge in [-0.25, -0.2) is 0 Å². The summed E-state index contributed by atoms with van der Waals surface area (Å²) in [5.74, 6) is 0. The molecule has 0 saturated carbocycles. The van der Waals surface area contributed by atoms with Gasteiger partial charge in [-0.2, -0.15) is 13.2 Å². The maximum Gasteiger partial charge on any atom is 0.437 e. The normalized spacial score (nSPS) is 12.2. The van der Waals surface area contributed by atoms with Crippen LogP contribution in [0.1, 0.15) is 11.1 Å². The molecule has 0 amide bonds. The number of alkyl halides is 3. The molecule has 104 valence electrons. The van der Waals surface area contributed by atoms with Gasteiger partial charge in [-0.3, -0.25) is 0 Å². The number of oxime groups is 1. The minimum atomic E-state index is -4.56. The van der Waals surface area contributed by atoms with Gasteiger partial charge >= 0.3 is 6.18 Å². The van der Waals surface area contributed by atoms with Gasteiger partial charge in [0, 0.05) is 5.56 Å². The summed E-state index contributed by atoms with van der Waals surface area (Å²) in [5.41, 5.74) is -0.298. The summed E-state index contributed by atoms with van der Waals surface area (Å²) in [6.07, 6.45) is -4.56. The van der Waals surface area contributed by atoms with Gasteiger partial charge in [0.2, 0.25) is 0 Å². The first kappa shape index (κ1) is 14.1. The van der Waals surface area contributed by atoms with Crippen LogP contribution in [0.25, 0.3) is 0 Å². The van der Waals surface area contributed by atoms with Crippen LogP contribution in [0, 0.1) is 0 Å². The predicted octanol–water partition coefficient (Wildman–Crippen LogP) is 4.17. The molecular weight excluding hydrogens is 267 g/mol. The second kappa shape index (κ2) is 6.23. The van der Waals surface area contributed by atoms with Crippen LogP contribution in [0.3, 0.4) is 0 Å². The summed E-state index contributed by atoms with van der Waals surface area (Å²) in [6.45, 7) is -0.00669. The van der Waals surface area contributed by atoms with Gasteiger partial charge < -0.3 is 4.84 Å². The van der Waals surface area contributed by atoms with Crippen molar-refractivity contribution < 1.29 is 18.0 Å². The lowest BCUT2D eigenvalue weighted by molar-refractivity contribution is -0.0618. The van der Waals surface area contributed by atoms with Gasteiger partial charge in [0.25, 0.3) is 0 Å². The highest BCUT2D eigenvalue weighted by Crippen LogP contribution is 2.22. The van der Waals surface area contributed by atoms with Crippen molar-refractivity contribution in [1.82, 2.24) is 0 Å². The van der Waals surface area contributed by atoms with Crippen LogP contribution in [-0.4, -0.2) is 11.9 Å². The zero-order chi connectivity index (χ0) is 14.4. The molecule has 0 aliphatic heterocycles. The maximum atomic E-state index is 12.9. The van der Waals surface area contributed by atoms with Crippen LogP contribution in [0.5, 0.6) is 0 Å². The predicted molar refractivity (Wildman–Crippen MR) is 70.3 cm³/mol. The van der Waals surface area contributed by atoms with E-state index in [9.17, 15) is 13.2 Å². The Morgan fingerprint density at radius 2 is 1.45 bits per heavy atom. The van der Waals surface area contributed by atoms with Crippen molar-refractivity contribution in [3.8, 4) is 0 Å². The molecule has 0 fully saturated rings. The van der Waals surface area contributed by atoms with Crippen molar-refractivity contribution in [2.24, 2.45) is 5.16 Å². The van der Waals surface area contributed by atoms with Gasteiger partial charge in [0.05, 0.1) is 0 Å². The van der Waals surface area contributed by atoms with E-state index in [-0.39, 0.29) is 12.2 Å². The Labute approximate surface area is 114 Å². The van der Waals surface area contributed by atoms with Crippen LogP contribution < -0.4 is 0 Å². The molecule has 0 atom stereocenters. The lowest BCUT2D eigenvalue weighted by Gasteiger charge is -2.10. The van der Waals surface area contributed by atoms with Crippen LogP contribution in [0.2, 0.25) is 0 Å². The van der Waals surface area contributed by atoms with E-state index in [1.54, 1.807) is 30.3 Å². The average molecular weight is 279 g/mol. The molecule has 0 aromatic heterocycles. The topological polar surface area (TPSA) is 21.6 Å². The highest BCUT2D eigenvalue weighted by atomic mass is 19.4. The van der Waals surface area contributed by atoms with E-state index in [1.807, 2.05) is 6.07 Å². The van der Waals surface area contributed by atoms with Crippen molar-refractivity contribution in [3.63, 3.8) is 0 Å². The first-order valence-corrected chi connectivity index (χ1v) is 5.94. The molecule has 2 nitrogen and oxygen atoms in total. The summed E-state index contributed by atoms with van der Waals surface area (Å²) in [7, 11) is 0. The fourth-order valence-electron chi connectivity index (χ4n) is 1.61. The molecule has 2 aromatic carbocycles. The van der Waals surface area contributed by atoms with E-state index in [0.717, 1.165) is 5.56 Å². The molecular formula is C15H12F3NO. The van der Waals surface area contributed by atoms with Crippen molar-refractivity contribution in [2.45, 2.75) is 12.8 Å². The molecule has 0 aliphatic rings. The number of benzene rings is 2. The van der Waals surface area contributed by atoms with Crippen LogP contribution in [0.15, 0.2) is 65.8 Å². The van der Waals surface area contributed by atoms with E-state index in [2.05, 4.69) is 5.16 Å². The highest BCUT2D eigenvalue weighted by molar-refractivity contribution is 6.04. The van der Waals surface area contributed by atoms with Crippen molar-refractivity contribution in [2.75, 3.05) is 0 Å². The Kier molecular flexibility index (Phi) is 4.40. The molecule has 0 bridgehead atoms. The Balaban J connectivity index is 2.14. The number of hydrogen-bond acceptors (Lipinski definition) is 2. The molecule has 5 heteroatoms. The molecule has 0 radical (unpaired) electrons. The SMILES string of the molecule is FC(F)(F)/C(=N\OCc1ccccc1)c1ccccc1. The summed E-state index contributed by atoms with van der Waals surface area (Å²) in [4.78, 5) is 4.83. The number of nitrogens with zero attached hydrogens (tertiary/aromatic N) is 1. The third-order valence-corrected chi connectivity index (χ3v) is 2.55. The van der Waals surface area contributed by atoms with E-state index < -0.39 is 11.9 Å². The van der Waals surface area contributed by atoms with Crippen molar-refractivity contribution >= 4 is 5.71 Å². The summed E-state index contributed by atoms with van der Waals surface area (Å²) < 4.78 is 38.8. The lowest BCUT2D eigenvalue weighted by atomic mass is 10.1. The number of halogens is 3. The fraction of sp³-hybridized carbons (Fsp3) is 0.133. The minimum Gasteiger partial charge on any atom is -0.390 e. The van der Waals surface area contributed by atoms with Gasteiger partial charge in [-0.15, -0.1) is 0 Å². The molecule has 0 aliphatic carbocycles. The minimum absolute atomic E-state index is 0.00669.